The monoisotopic (exact) mass is 309 g/mol. The summed E-state index contributed by atoms with van der Waals surface area (Å²) in [4.78, 5) is 5.01. The van der Waals surface area contributed by atoms with E-state index in [0.717, 1.165) is 50.0 Å². The van der Waals surface area contributed by atoms with Crippen LogP contribution in [0.1, 0.15) is 6.42 Å². The van der Waals surface area contributed by atoms with Crippen molar-refractivity contribution in [2.45, 2.75) is 6.42 Å². The van der Waals surface area contributed by atoms with Crippen molar-refractivity contribution >= 4 is 34.0 Å². The van der Waals surface area contributed by atoms with E-state index >= 15 is 0 Å². The lowest BCUT2D eigenvalue weighted by Crippen LogP contribution is -2.47. The van der Waals surface area contributed by atoms with Crippen molar-refractivity contribution in [3.63, 3.8) is 0 Å². The molecule has 3 nitrogen and oxygen atoms in total. The van der Waals surface area contributed by atoms with Crippen molar-refractivity contribution in [1.82, 2.24) is 10.2 Å². The predicted molar refractivity (Wildman–Crippen MR) is 93.8 cm³/mol. The van der Waals surface area contributed by atoms with Gasteiger partial charge in [-0.15, -0.1) is 11.8 Å². The summed E-state index contributed by atoms with van der Waals surface area (Å²) in [7, 11) is 0. The number of nitrogens with zero attached hydrogens (tertiary/aromatic N) is 2. The van der Waals surface area contributed by atoms with E-state index < -0.39 is 0 Å². The predicted octanol–water partition coefficient (Wildman–Crippen LogP) is 2.44. The maximum absolute atomic E-state index is 5.13. The molecule has 1 aromatic rings. The van der Waals surface area contributed by atoms with Crippen LogP contribution in [0.5, 0.6) is 0 Å². The van der Waals surface area contributed by atoms with Gasteiger partial charge in [0.2, 0.25) is 0 Å². The normalized spacial score (nSPS) is 16.1. The largest absolute Gasteiger partial charge is 0.371 e. The van der Waals surface area contributed by atoms with Crippen LogP contribution in [-0.4, -0.2) is 54.7 Å². The highest BCUT2D eigenvalue weighted by Gasteiger charge is 2.16. The number of thiocarbonyl (C=S) groups is 1. The highest BCUT2D eigenvalue weighted by molar-refractivity contribution is 8.22. The molecule has 1 saturated heterocycles. The SMILES string of the molecule is CSC(=S)NCCCN1CCN(c2ccccc2)CC1. The molecule has 0 bridgehead atoms. The van der Waals surface area contributed by atoms with Gasteiger partial charge in [-0.3, -0.25) is 4.90 Å². The third-order valence-electron chi connectivity index (χ3n) is 3.60. The maximum Gasteiger partial charge on any atom is 0.133 e. The van der Waals surface area contributed by atoms with Gasteiger partial charge in [-0.1, -0.05) is 30.4 Å². The van der Waals surface area contributed by atoms with Gasteiger partial charge in [-0.2, -0.15) is 0 Å². The Morgan fingerprint density at radius 2 is 1.90 bits per heavy atom. The van der Waals surface area contributed by atoms with Crippen LogP contribution < -0.4 is 10.2 Å². The Morgan fingerprint density at radius 3 is 2.55 bits per heavy atom. The topological polar surface area (TPSA) is 18.5 Å². The third-order valence-corrected chi connectivity index (χ3v) is 4.76. The maximum atomic E-state index is 5.13. The van der Waals surface area contributed by atoms with E-state index in [0.29, 0.717) is 0 Å². The zero-order valence-electron chi connectivity index (χ0n) is 12.0. The number of para-hydroxylation sites is 1. The van der Waals surface area contributed by atoms with Crippen LogP contribution in [0, 0.1) is 0 Å². The Bertz CT molecular complexity index is 403. The molecule has 0 aliphatic carbocycles. The molecule has 1 aromatic carbocycles. The minimum atomic E-state index is 0.902. The molecule has 110 valence electrons. The molecule has 1 heterocycles. The molecule has 5 heteroatoms. The van der Waals surface area contributed by atoms with Gasteiger partial charge in [-0.25, -0.2) is 0 Å². The van der Waals surface area contributed by atoms with Gasteiger partial charge in [0, 0.05) is 38.4 Å². The van der Waals surface area contributed by atoms with Gasteiger partial charge >= 0.3 is 0 Å². The van der Waals surface area contributed by atoms with Crippen molar-refractivity contribution < 1.29 is 0 Å². The Balaban J connectivity index is 1.63. The average Bonchev–Trinajstić information content (AvgIpc) is 2.52. The van der Waals surface area contributed by atoms with E-state index in [1.165, 1.54) is 5.69 Å². The molecule has 0 aromatic heterocycles. The highest BCUT2D eigenvalue weighted by atomic mass is 32.2. The highest BCUT2D eigenvalue weighted by Crippen LogP contribution is 2.15. The minimum Gasteiger partial charge on any atom is -0.371 e. The molecule has 0 atom stereocenters. The first kappa shape index (κ1) is 15.6. The minimum absolute atomic E-state index is 0.902. The first-order valence-electron chi connectivity index (χ1n) is 7.14. The lowest BCUT2D eigenvalue weighted by molar-refractivity contribution is 0.255. The number of hydrogen-bond donors (Lipinski definition) is 1. The van der Waals surface area contributed by atoms with Crippen molar-refractivity contribution in [2.24, 2.45) is 0 Å². The molecule has 1 aliphatic heterocycles. The van der Waals surface area contributed by atoms with Crippen LogP contribution in [0.15, 0.2) is 30.3 Å². The molecule has 0 unspecified atom stereocenters. The molecular formula is C15H23N3S2. The number of nitrogens with one attached hydrogen (secondary N) is 1. The molecule has 20 heavy (non-hydrogen) atoms. The molecule has 0 radical (unpaired) electrons. The molecule has 0 saturated carbocycles. The summed E-state index contributed by atoms with van der Waals surface area (Å²) in [6, 6.07) is 10.7. The summed E-state index contributed by atoms with van der Waals surface area (Å²) in [5, 5.41) is 3.26. The van der Waals surface area contributed by atoms with Crippen molar-refractivity contribution in [2.75, 3.05) is 50.4 Å². The molecular weight excluding hydrogens is 286 g/mol. The summed E-state index contributed by atoms with van der Waals surface area (Å²) in [5.41, 5.74) is 1.35. The van der Waals surface area contributed by atoms with E-state index in [1.54, 1.807) is 11.8 Å². The fraction of sp³-hybridized carbons (Fsp3) is 0.533. The number of rotatable bonds is 5. The van der Waals surface area contributed by atoms with Crippen LogP contribution in [0.3, 0.4) is 0 Å². The van der Waals surface area contributed by atoms with Crippen LogP contribution in [0.25, 0.3) is 0 Å². The molecule has 1 fully saturated rings. The third kappa shape index (κ3) is 4.96. The van der Waals surface area contributed by atoms with Gasteiger partial charge in [0.1, 0.15) is 4.32 Å². The summed E-state index contributed by atoms with van der Waals surface area (Å²) in [6.07, 6.45) is 3.17. The van der Waals surface area contributed by atoms with E-state index in [2.05, 4.69) is 45.4 Å². The molecule has 1 aliphatic rings. The van der Waals surface area contributed by atoms with E-state index in [4.69, 9.17) is 12.2 Å². The number of benzene rings is 1. The second kappa shape index (κ2) is 8.49. The number of hydrogen-bond acceptors (Lipinski definition) is 4. The van der Waals surface area contributed by atoms with Crippen molar-refractivity contribution in [1.29, 1.82) is 0 Å². The number of piperazine rings is 1. The Hall–Kier alpha value is -0.780. The molecule has 2 rings (SSSR count). The second-order valence-corrected chi connectivity index (χ2v) is 6.42. The fourth-order valence-corrected chi connectivity index (χ4v) is 2.78. The summed E-state index contributed by atoms with van der Waals surface area (Å²) >= 11 is 6.74. The summed E-state index contributed by atoms with van der Waals surface area (Å²) in [5.74, 6) is 0. The lowest BCUT2D eigenvalue weighted by Gasteiger charge is -2.36. The van der Waals surface area contributed by atoms with E-state index in [1.807, 2.05) is 6.26 Å². The standard InChI is InChI=1S/C15H23N3S2/c1-20-15(19)16-8-5-9-17-10-12-18(13-11-17)14-6-3-2-4-7-14/h2-4,6-7H,5,8-13H2,1H3,(H,16,19). The average molecular weight is 310 g/mol. The molecule has 1 N–H and O–H groups in total. The summed E-state index contributed by atoms with van der Waals surface area (Å²) in [6.45, 7) is 6.70. The smallest absolute Gasteiger partial charge is 0.133 e. The van der Waals surface area contributed by atoms with Crippen LogP contribution >= 0.6 is 24.0 Å². The zero-order chi connectivity index (χ0) is 14.2. The van der Waals surface area contributed by atoms with Gasteiger partial charge in [0.25, 0.3) is 0 Å². The summed E-state index contributed by atoms with van der Waals surface area (Å²) < 4.78 is 0.902. The Labute approximate surface area is 131 Å². The lowest BCUT2D eigenvalue weighted by atomic mass is 10.2. The van der Waals surface area contributed by atoms with E-state index in [-0.39, 0.29) is 0 Å². The van der Waals surface area contributed by atoms with Gasteiger partial charge in [-0.05, 0) is 31.4 Å². The van der Waals surface area contributed by atoms with Gasteiger partial charge < -0.3 is 10.2 Å². The Kier molecular flexibility index (Phi) is 6.63. The van der Waals surface area contributed by atoms with Crippen LogP contribution in [-0.2, 0) is 0 Å². The second-order valence-electron chi connectivity index (χ2n) is 4.94. The Morgan fingerprint density at radius 1 is 1.20 bits per heavy atom. The number of thioether (sulfide) groups is 1. The fourth-order valence-electron chi connectivity index (χ4n) is 2.43. The first-order valence-corrected chi connectivity index (χ1v) is 8.77. The number of anilines is 1. The van der Waals surface area contributed by atoms with E-state index in [9.17, 15) is 0 Å². The quantitative estimate of drug-likeness (QED) is 0.663. The van der Waals surface area contributed by atoms with Gasteiger partial charge in [0.15, 0.2) is 0 Å². The van der Waals surface area contributed by atoms with Crippen molar-refractivity contribution in [3.8, 4) is 0 Å². The zero-order valence-corrected chi connectivity index (χ0v) is 13.7. The molecule has 0 spiro atoms. The molecule has 0 amide bonds. The van der Waals surface area contributed by atoms with Crippen LogP contribution in [0.4, 0.5) is 5.69 Å². The van der Waals surface area contributed by atoms with Gasteiger partial charge in [0.05, 0.1) is 0 Å². The van der Waals surface area contributed by atoms with Crippen LogP contribution in [0.2, 0.25) is 0 Å². The first-order chi connectivity index (χ1) is 9.79. The van der Waals surface area contributed by atoms with Crippen molar-refractivity contribution in [3.05, 3.63) is 30.3 Å².